The molecule has 1 unspecified atom stereocenters. The van der Waals surface area contributed by atoms with Crippen molar-refractivity contribution in [2.24, 2.45) is 0 Å². The molecule has 0 spiro atoms. The molecule has 14 heavy (non-hydrogen) atoms. The minimum absolute atomic E-state index is 0.541. The van der Waals surface area contributed by atoms with E-state index in [9.17, 15) is 0 Å². The average Bonchev–Trinajstić information content (AvgIpc) is 2.68. The Labute approximate surface area is 88.5 Å². The fourth-order valence-corrected chi connectivity index (χ4v) is 2.75. The maximum atomic E-state index is 5.46. The predicted octanol–water partition coefficient (Wildman–Crippen LogP) is 1.76. The van der Waals surface area contributed by atoms with Gasteiger partial charge >= 0.3 is 0 Å². The van der Waals surface area contributed by atoms with Crippen LogP contribution >= 0.6 is 11.3 Å². The van der Waals surface area contributed by atoms with E-state index in [-0.39, 0.29) is 0 Å². The number of thiazole rings is 1. The molecule has 0 bridgehead atoms. The van der Waals surface area contributed by atoms with Gasteiger partial charge in [0, 0.05) is 30.1 Å². The number of nitrogens with one attached hydrogen (secondary N) is 1. The van der Waals surface area contributed by atoms with Gasteiger partial charge in [0.05, 0.1) is 11.6 Å². The van der Waals surface area contributed by atoms with Crippen LogP contribution in [0.25, 0.3) is 0 Å². The van der Waals surface area contributed by atoms with E-state index in [1.165, 1.54) is 22.7 Å². The molecule has 1 atom stereocenters. The molecule has 1 aromatic heterocycles. The van der Waals surface area contributed by atoms with Crippen molar-refractivity contribution in [2.45, 2.75) is 25.3 Å². The summed E-state index contributed by atoms with van der Waals surface area (Å²) in [4.78, 5) is 5.77. The molecule has 78 valence electrons. The van der Waals surface area contributed by atoms with E-state index < -0.39 is 0 Å². The molecule has 1 N–H and O–H groups in total. The van der Waals surface area contributed by atoms with Crippen LogP contribution in [0.3, 0.4) is 0 Å². The lowest BCUT2D eigenvalue weighted by Gasteiger charge is -2.19. The molecule has 1 aliphatic heterocycles. The third-order valence-electron chi connectivity index (χ3n) is 2.43. The van der Waals surface area contributed by atoms with Crippen molar-refractivity contribution in [1.29, 1.82) is 0 Å². The highest BCUT2D eigenvalue weighted by molar-refractivity contribution is 7.11. The summed E-state index contributed by atoms with van der Waals surface area (Å²) in [5, 5.41) is 4.38. The normalized spacial score (nSPS) is 22.5. The number of rotatable bonds is 3. The van der Waals surface area contributed by atoms with Gasteiger partial charge in [-0.3, -0.25) is 0 Å². The molecule has 2 heterocycles. The van der Waals surface area contributed by atoms with Gasteiger partial charge in [-0.15, -0.1) is 11.3 Å². The van der Waals surface area contributed by atoms with E-state index in [2.05, 4.69) is 10.3 Å². The molecule has 3 nitrogen and oxygen atoms in total. The van der Waals surface area contributed by atoms with Gasteiger partial charge in [-0.05, 0) is 19.9 Å². The summed E-state index contributed by atoms with van der Waals surface area (Å²) in [5.41, 5.74) is 0. The summed E-state index contributed by atoms with van der Waals surface area (Å²) in [5.74, 6) is 0.541. The second-order valence-corrected chi connectivity index (χ2v) is 4.76. The van der Waals surface area contributed by atoms with Crippen LogP contribution in [-0.2, 0) is 11.3 Å². The zero-order valence-corrected chi connectivity index (χ0v) is 9.27. The largest absolute Gasteiger partial charge is 0.381 e. The van der Waals surface area contributed by atoms with Crippen LogP contribution in [0.2, 0.25) is 0 Å². The van der Waals surface area contributed by atoms with E-state index in [0.29, 0.717) is 5.92 Å². The van der Waals surface area contributed by atoms with Gasteiger partial charge in [-0.1, -0.05) is 0 Å². The van der Waals surface area contributed by atoms with E-state index in [1.54, 1.807) is 0 Å². The lowest BCUT2D eigenvalue weighted by molar-refractivity contribution is 0.0804. The summed E-state index contributed by atoms with van der Waals surface area (Å²) in [6.45, 7) is 2.70. The molecule has 0 aliphatic carbocycles. The third-order valence-corrected chi connectivity index (χ3v) is 3.59. The van der Waals surface area contributed by atoms with Crippen LogP contribution < -0.4 is 5.32 Å². The average molecular weight is 212 g/mol. The van der Waals surface area contributed by atoms with E-state index in [4.69, 9.17) is 4.74 Å². The molecule has 0 aromatic carbocycles. The lowest BCUT2D eigenvalue weighted by atomic mass is 10.0. The highest BCUT2D eigenvalue weighted by atomic mass is 32.1. The fourth-order valence-electron chi connectivity index (χ4n) is 1.70. The van der Waals surface area contributed by atoms with Crippen molar-refractivity contribution < 1.29 is 4.74 Å². The predicted molar refractivity (Wildman–Crippen MR) is 57.7 cm³/mol. The standard InChI is InChI=1S/C10H16N2OS/c1-11-5-9-6-12-10(14-9)8-3-2-4-13-7-8/h6,8,11H,2-5,7H2,1H3. The van der Waals surface area contributed by atoms with Gasteiger partial charge in [0.25, 0.3) is 0 Å². The van der Waals surface area contributed by atoms with Crippen LogP contribution in [-0.4, -0.2) is 25.2 Å². The number of hydrogen-bond acceptors (Lipinski definition) is 4. The second-order valence-electron chi connectivity index (χ2n) is 3.61. The van der Waals surface area contributed by atoms with Crippen molar-refractivity contribution in [1.82, 2.24) is 10.3 Å². The first-order chi connectivity index (χ1) is 6.90. The minimum atomic E-state index is 0.541. The van der Waals surface area contributed by atoms with E-state index in [1.807, 2.05) is 24.6 Å². The summed E-state index contributed by atoms with van der Waals surface area (Å²) in [7, 11) is 1.96. The monoisotopic (exact) mass is 212 g/mol. The Morgan fingerprint density at radius 2 is 2.64 bits per heavy atom. The van der Waals surface area contributed by atoms with Crippen molar-refractivity contribution >= 4 is 11.3 Å². The van der Waals surface area contributed by atoms with Gasteiger partial charge < -0.3 is 10.1 Å². The summed E-state index contributed by atoms with van der Waals surface area (Å²) in [6, 6.07) is 0. The van der Waals surface area contributed by atoms with Gasteiger partial charge in [-0.25, -0.2) is 4.98 Å². The summed E-state index contributed by atoms with van der Waals surface area (Å²) < 4.78 is 5.46. The topological polar surface area (TPSA) is 34.2 Å². The number of hydrogen-bond donors (Lipinski definition) is 1. The molecule has 0 amide bonds. The van der Waals surface area contributed by atoms with Crippen molar-refractivity contribution in [3.8, 4) is 0 Å². The molecular formula is C10H16N2OS. The molecule has 1 saturated heterocycles. The van der Waals surface area contributed by atoms with Crippen LogP contribution in [0.4, 0.5) is 0 Å². The van der Waals surface area contributed by atoms with Crippen molar-refractivity contribution in [3.05, 3.63) is 16.1 Å². The number of ether oxygens (including phenoxy) is 1. The van der Waals surface area contributed by atoms with Gasteiger partial charge in [0.2, 0.25) is 0 Å². The Morgan fingerprint density at radius 1 is 1.71 bits per heavy atom. The van der Waals surface area contributed by atoms with Gasteiger partial charge in [0.1, 0.15) is 0 Å². The van der Waals surface area contributed by atoms with Crippen LogP contribution in [0.5, 0.6) is 0 Å². The van der Waals surface area contributed by atoms with Crippen LogP contribution in [0.15, 0.2) is 6.20 Å². The number of aromatic nitrogens is 1. The minimum Gasteiger partial charge on any atom is -0.381 e. The van der Waals surface area contributed by atoms with Crippen molar-refractivity contribution in [2.75, 3.05) is 20.3 Å². The van der Waals surface area contributed by atoms with Crippen LogP contribution in [0.1, 0.15) is 28.6 Å². The Hall–Kier alpha value is -0.450. The first-order valence-electron chi connectivity index (χ1n) is 5.07. The number of nitrogens with zero attached hydrogens (tertiary/aromatic N) is 1. The molecule has 2 rings (SSSR count). The Balaban J connectivity index is 2.00. The SMILES string of the molecule is CNCc1cnc(C2CCCOC2)s1. The molecule has 0 radical (unpaired) electrons. The maximum absolute atomic E-state index is 5.46. The molecule has 4 heteroatoms. The second kappa shape index (κ2) is 4.87. The molecule has 1 fully saturated rings. The Kier molecular flexibility index (Phi) is 3.50. The summed E-state index contributed by atoms with van der Waals surface area (Å²) >= 11 is 1.81. The lowest BCUT2D eigenvalue weighted by Crippen LogP contribution is -2.15. The zero-order chi connectivity index (χ0) is 9.80. The highest BCUT2D eigenvalue weighted by Crippen LogP contribution is 2.28. The first kappa shape index (κ1) is 10.1. The van der Waals surface area contributed by atoms with E-state index in [0.717, 1.165) is 19.8 Å². The summed E-state index contributed by atoms with van der Waals surface area (Å²) in [6.07, 6.45) is 4.38. The Morgan fingerprint density at radius 3 is 3.36 bits per heavy atom. The zero-order valence-electron chi connectivity index (χ0n) is 8.45. The maximum Gasteiger partial charge on any atom is 0.0982 e. The van der Waals surface area contributed by atoms with E-state index >= 15 is 0 Å². The molecule has 1 aromatic rings. The highest BCUT2D eigenvalue weighted by Gasteiger charge is 2.18. The Bertz CT molecular complexity index is 281. The van der Waals surface area contributed by atoms with Gasteiger partial charge in [0.15, 0.2) is 0 Å². The third kappa shape index (κ3) is 2.32. The first-order valence-corrected chi connectivity index (χ1v) is 5.88. The molecule has 1 aliphatic rings. The molecule has 0 saturated carbocycles. The van der Waals surface area contributed by atoms with Gasteiger partial charge in [-0.2, -0.15) is 0 Å². The quantitative estimate of drug-likeness (QED) is 0.829. The molecular weight excluding hydrogens is 196 g/mol. The van der Waals surface area contributed by atoms with Crippen LogP contribution in [0, 0.1) is 0 Å². The smallest absolute Gasteiger partial charge is 0.0982 e. The fraction of sp³-hybridized carbons (Fsp3) is 0.700. The van der Waals surface area contributed by atoms with Crippen molar-refractivity contribution in [3.63, 3.8) is 0 Å².